The van der Waals surface area contributed by atoms with Crippen LogP contribution in [0.25, 0.3) is 0 Å². The predicted molar refractivity (Wildman–Crippen MR) is 114 cm³/mol. The molecule has 7 heteroatoms. The quantitative estimate of drug-likeness (QED) is 0.812. The number of nitrogens with one attached hydrogen (secondary N) is 1. The number of rotatable bonds is 4. The molecule has 152 valence electrons. The van der Waals surface area contributed by atoms with E-state index in [2.05, 4.69) is 11.4 Å². The standard InChI is InChI=1S/C23H21N3O3S/c24-13-19-18-11-12-26(23(28)29-15-16-7-3-1-4-8-16)14-20(18)30-22(19)25-21(27)17-9-5-2-6-10-17/h1-10,19,22H,11-12,14-15H2,(H,25,27). The maximum absolute atomic E-state index is 12.5. The Labute approximate surface area is 179 Å². The van der Waals surface area contributed by atoms with Crippen LogP contribution in [-0.4, -0.2) is 35.4 Å². The minimum atomic E-state index is -0.389. The van der Waals surface area contributed by atoms with Gasteiger partial charge in [-0.25, -0.2) is 4.79 Å². The second kappa shape index (κ2) is 9.06. The molecule has 0 spiro atoms. The first kappa shape index (κ1) is 20.0. The summed E-state index contributed by atoms with van der Waals surface area (Å²) in [7, 11) is 0. The third-order valence-corrected chi connectivity index (χ3v) is 6.52. The summed E-state index contributed by atoms with van der Waals surface area (Å²) in [6.45, 7) is 1.14. The first-order chi connectivity index (χ1) is 14.7. The van der Waals surface area contributed by atoms with Gasteiger partial charge in [-0.1, -0.05) is 48.5 Å². The van der Waals surface area contributed by atoms with Gasteiger partial charge < -0.3 is 15.0 Å². The molecular formula is C23H21N3O3S. The van der Waals surface area contributed by atoms with Gasteiger partial charge in [-0.2, -0.15) is 5.26 Å². The molecule has 2 unspecified atom stereocenters. The highest BCUT2D eigenvalue weighted by molar-refractivity contribution is 8.04. The third-order valence-electron chi connectivity index (χ3n) is 5.20. The molecule has 2 aromatic rings. The van der Waals surface area contributed by atoms with E-state index in [9.17, 15) is 14.9 Å². The van der Waals surface area contributed by atoms with E-state index in [4.69, 9.17) is 4.74 Å². The Morgan fingerprint density at radius 1 is 1.13 bits per heavy atom. The smallest absolute Gasteiger partial charge is 0.410 e. The van der Waals surface area contributed by atoms with E-state index in [0.717, 1.165) is 16.0 Å². The van der Waals surface area contributed by atoms with Crippen molar-refractivity contribution in [3.63, 3.8) is 0 Å². The Morgan fingerprint density at radius 2 is 1.83 bits per heavy atom. The maximum Gasteiger partial charge on any atom is 0.410 e. The lowest BCUT2D eigenvalue weighted by molar-refractivity contribution is 0.0947. The van der Waals surface area contributed by atoms with Crippen molar-refractivity contribution in [1.29, 1.82) is 5.26 Å². The highest BCUT2D eigenvalue weighted by atomic mass is 32.2. The molecule has 2 heterocycles. The van der Waals surface area contributed by atoms with Crippen LogP contribution in [0.5, 0.6) is 0 Å². The Kier molecular flexibility index (Phi) is 6.05. The molecule has 2 aromatic carbocycles. The van der Waals surface area contributed by atoms with E-state index >= 15 is 0 Å². The minimum absolute atomic E-state index is 0.202. The molecule has 30 heavy (non-hydrogen) atoms. The van der Waals surface area contributed by atoms with Gasteiger partial charge in [0.1, 0.15) is 6.61 Å². The molecule has 4 rings (SSSR count). The molecule has 0 saturated carbocycles. The molecule has 0 fully saturated rings. The molecule has 1 N–H and O–H groups in total. The van der Waals surface area contributed by atoms with Crippen LogP contribution in [0.3, 0.4) is 0 Å². The lowest BCUT2D eigenvalue weighted by atomic mass is 9.94. The highest BCUT2D eigenvalue weighted by Gasteiger charge is 2.40. The molecule has 0 bridgehead atoms. The fourth-order valence-electron chi connectivity index (χ4n) is 3.62. The second-order valence-corrected chi connectivity index (χ2v) is 8.38. The van der Waals surface area contributed by atoms with E-state index in [-0.39, 0.29) is 29.9 Å². The average Bonchev–Trinajstić information content (AvgIpc) is 3.14. The van der Waals surface area contributed by atoms with Crippen LogP contribution in [-0.2, 0) is 11.3 Å². The second-order valence-electron chi connectivity index (χ2n) is 7.14. The number of carbonyl (C=O) groups excluding carboxylic acids is 2. The predicted octanol–water partition coefficient (Wildman–Crippen LogP) is 3.93. The van der Waals surface area contributed by atoms with Crippen molar-refractivity contribution < 1.29 is 14.3 Å². The van der Waals surface area contributed by atoms with Gasteiger partial charge in [0.05, 0.1) is 23.9 Å². The van der Waals surface area contributed by atoms with Crippen molar-refractivity contribution in [1.82, 2.24) is 10.2 Å². The Bertz CT molecular complexity index is 1000. The first-order valence-corrected chi connectivity index (χ1v) is 10.6. The largest absolute Gasteiger partial charge is 0.445 e. The van der Waals surface area contributed by atoms with Gasteiger partial charge in [0.15, 0.2) is 0 Å². The Balaban J connectivity index is 1.37. The maximum atomic E-state index is 12.5. The van der Waals surface area contributed by atoms with Crippen LogP contribution in [0.15, 0.2) is 71.1 Å². The van der Waals surface area contributed by atoms with Gasteiger partial charge in [0.2, 0.25) is 0 Å². The van der Waals surface area contributed by atoms with E-state index in [1.165, 1.54) is 11.8 Å². The van der Waals surface area contributed by atoms with Crippen LogP contribution in [0, 0.1) is 17.2 Å². The molecule has 0 aliphatic carbocycles. The van der Waals surface area contributed by atoms with Crippen molar-refractivity contribution in [2.75, 3.05) is 13.1 Å². The van der Waals surface area contributed by atoms with E-state index in [1.54, 1.807) is 29.2 Å². The zero-order valence-corrected chi connectivity index (χ0v) is 17.1. The molecule has 0 radical (unpaired) electrons. The number of benzene rings is 2. The van der Waals surface area contributed by atoms with Crippen LogP contribution in [0.1, 0.15) is 22.3 Å². The van der Waals surface area contributed by atoms with Gasteiger partial charge in [-0.3, -0.25) is 4.79 Å². The van der Waals surface area contributed by atoms with Gasteiger partial charge in [-0.15, -0.1) is 11.8 Å². The summed E-state index contributed by atoms with van der Waals surface area (Å²) >= 11 is 1.46. The van der Waals surface area contributed by atoms with Crippen molar-refractivity contribution >= 4 is 23.8 Å². The van der Waals surface area contributed by atoms with Crippen LogP contribution in [0.2, 0.25) is 0 Å². The Hall–Kier alpha value is -3.24. The summed E-state index contributed by atoms with van der Waals surface area (Å²) < 4.78 is 5.44. The monoisotopic (exact) mass is 419 g/mol. The summed E-state index contributed by atoms with van der Waals surface area (Å²) in [5.74, 6) is -0.590. The van der Waals surface area contributed by atoms with Crippen molar-refractivity contribution in [3.05, 3.63) is 82.3 Å². The number of ether oxygens (including phenoxy) is 1. The highest BCUT2D eigenvalue weighted by Crippen LogP contribution is 2.44. The molecule has 2 aliphatic rings. The van der Waals surface area contributed by atoms with Crippen LogP contribution < -0.4 is 5.32 Å². The molecule has 2 amide bonds. The summed E-state index contributed by atoms with van der Waals surface area (Å²) in [5.41, 5.74) is 2.52. The van der Waals surface area contributed by atoms with E-state index in [1.807, 2.05) is 36.4 Å². The minimum Gasteiger partial charge on any atom is -0.445 e. The van der Waals surface area contributed by atoms with Crippen LogP contribution in [0.4, 0.5) is 4.79 Å². The number of amides is 2. The molecule has 0 saturated heterocycles. The zero-order valence-electron chi connectivity index (χ0n) is 16.3. The number of hydrogen-bond acceptors (Lipinski definition) is 5. The van der Waals surface area contributed by atoms with Gasteiger partial charge in [0.25, 0.3) is 5.91 Å². The van der Waals surface area contributed by atoms with Gasteiger partial charge in [0, 0.05) is 17.0 Å². The van der Waals surface area contributed by atoms with Crippen molar-refractivity contribution in [2.45, 2.75) is 18.4 Å². The topological polar surface area (TPSA) is 82.4 Å². The average molecular weight is 420 g/mol. The number of nitrogens with zero attached hydrogens (tertiary/aromatic N) is 2. The lowest BCUT2D eigenvalue weighted by Crippen LogP contribution is -2.37. The Morgan fingerprint density at radius 3 is 2.53 bits per heavy atom. The molecular weight excluding hydrogens is 398 g/mol. The van der Waals surface area contributed by atoms with Gasteiger partial charge in [-0.05, 0) is 29.7 Å². The molecule has 2 aliphatic heterocycles. The normalized spacial score (nSPS) is 20.3. The summed E-state index contributed by atoms with van der Waals surface area (Å²) in [6, 6.07) is 20.8. The number of carbonyl (C=O) groups is 2. The molecule has 0 aromatic heterocycles. The third kappa shape index (κ3) is 4.34. The first-order valence-electron chi connectivity index (χ1n) is 9.75. The SMILES string of the molecule is N#CC1C2=C(CN(C(=O)OCc3ccccc3)CC2)SC1NC(=O)c1ccccc1. The zero-order chi connectivity index (χ0) is 20.9. The lowest BCUT2D eigenvalue weighted by Gasteiger charge is -2.27. The van der Waals surface area contributed by atoms with Gasteiger partial charge >= 0.3 is 6.09 Å². The van der Waals surface area contributed by atoms with E-state index in [0.29, 0.717) is 25.1 Å². The number of nitriles is 1. The van der Waals surface area contributed by atoms with Crippen LogP contribution >= 0.6 is 11.8 Å². The summed E-state index contributed by atoms with van der Waals surface area (Å²) in [5, 5.41) is 12.3. The summed E-state index contributed by atoms with van der Waals surface area (Å²) in [4.78, 5) is 27.6. The summed E-state index contributed by atoms with van der Waals surface area (Å²) in [6.07, 6.45) is 0.245. The molecule has 2 atom stereocenters. The number of thioether (sulfide) groups is 1. The number of hydrogen-bond donors (Lipinski definition) is 1. The van der Waals surface area contributed by atoms with Crippen molar-refractivity contribution in [3.8, 4) is 6.07 Å². The molecule has 6 nitrogen and oxygen atoms in total. The van der Waals surface area contributed by atoms with Crippen molar-refractivity contribution in [2.24, 2.45) is 5.92 Å². The fourth-order valence-corrected chi connectivity index (χ4v) is 5.07. The van der Waals surface area contributed by atoms with E-state index < -0.39 is 0 Å². The fraction of sp³-hybridized carbons (Fsp3) is 0.261.